The number of hydrogen-bond acceptors (Lipinski definition) is 4. The van der Waals surface area contributed by atoms with Gasteiger partial charge in [0.2, 0.25) is 5.91 Å². The first-order valence-corrected chi connectivity index (χ1v) is 9.92. The Hall–Kier alpha value is -2.61. The fourth-order valence-corrected chi connectivity index (χ4v) is 3.87. The molecule has 0 unspecified atom stereocenters. The predicted octanol–water partition coefficient (Wildman–Crippen LogP) is 4.22. The number of pyridine rings is 1. The van der Waals surface area contributed by atoms with Crippen molar-refractivity contribution in [2.75, 3.05) is 18.4 Å². The van der Waals surface area contributed by atoms with Crippen LogP contribution < -0.4 is 10.6 Å². The van der Waals surface area contributed by atoms with Crippen LogP contribution >= 0.6 is 0 Å². The summed E-state index contributed by atoms with van der Waals surface area (Å²) in [4.78, 5) is 16.8. The van der Waals surface area contributed by atoms with Gasteiger partial charge in [0.25, 0.3) is 0 Å². The van der Waals surface area contributed by atoms with Gasteiger partial charge >= 0.3 is 0 Å². The average Bonchev–Trinajstić information content (AvgIpc) is 2.67. The Morgan fingerprint density at radius 1 is 1.19 bits per heavy atom. The van der Waals surface area contributed by atoms with Gasteiger partial charge in [-0.2, -0.15) is 5.26 Å². The molecule has 5 heteroatoms. The third kappa shape index (κ3) is 4.77. The number of amides is 1. The number of rotatable bonds is 6. The molecular formula is C22H28N4O. The maximum absolute atomic E-state index is 12.2. The largest absolute Gasteiger partial charge is 0.369 e. The molecule has 1 aromatic carbocycles. The molecular weight excluding hydrogens is 336 g/mol. The minimum Gasteiger partial charge on any atom is -0.369 e. The van der Waals surface area contributed by atoms with E-state index in [1.165, 1.54) is 19.3 Å². The summed E-state index contributed by atoms with van der Waals surface area (Å²) in [5.74, 6) is 1.02. The fourth-order valence-electron chi connectivity index (χ4n) is 3.87. The number of aryl methyl sites for hydroxylation is 2. The number of nitrogens with one attached hydrogen (secondary N) is 2. The molecule has 0 bridgehead atoms. The van der Waals surface area contributed by atoms with Gasteiger partial charge in [-0.15, -0.1) is 0 Å². The van der Waals surface area contributed by atoms with Gasteiger partial charge in [0.15, 0.2) is 0 Å². The SMILES string of the molecule is Cc1cc(C)c2cc(C#N)c(NCCCNC(=O)C3CCCCC3)nc2c1. The summed E-state index contributed by atoms with van der Waals surface area (Å²) in [6, 6.07) is 8.29. The smallest absolute Gasteiger partial charge is 0.223 e. The van der Waals surface area contributed by atoms with Crippen LogP contribution in [0.15, 0.2) is 18.2 Å². The summed E-state index contributed by atoms with van der Waals surface area (Å²) in [6.07, 6.45) is 6.44. The van der Waals surface area contributed by atoms with Crippen LogP contribution in [0.3, 0.4) is 0 Å². The van der Waals surface area contributed by atoms with Crippen molar-refractivity contribution < 1.29 is 4.79 Å². The van der Waals surface area contributed by atoms with E-state index < -0.39 is 0 Å². The van der Waals surface area contributed by atoms with Gasteiger partial charge in [-0.3, -0.25) is 4.79 Å². The van der Waals surface area contributed by atoms with Crippen molar-refractivity contribution in [1.82, 2.24) is 10.3 Å². The first-order valence-electron chi connectivity index (χ1n) is 9.92. The van der Waals surface area contributed by atoms with Gasteiger partial charge in [-0.1, -0.05) is 25.3 Å². The molecule has 1 saturated carbocycles. The number of carbonyl (C=O) groups excluding carboxylic acids is 1. The summed E-state index contributed by atoms with van der Waals surface area (Å²) >= 11 is 0. The molecule has 1 aliphatic carbocycles. The molecule has 2 N–H and O–H groups in total. The summed E-state index contributed by atoms with van der Waals surface area (Å²) in [6.45, 7) is 5.41. The Kier molecular flexibility index (Phi) is 6.28. The summed E-state index contributed by atoms with van der Waals surface area (Å²) in [5.41, 5.74) is 3.75. The van der Waals surface area contributed by atoms with Crippen LogP contribution in [0.5, 0.6) is 0 Å². The summed E-state index contributed by atoms with van der Waals surface area (Å²) in [5, 5.41) is 16.8. The maximum Gasteiger partial charge on any atom is 0.223 e. The zero-order valence-electron chi connectivity index (χ0n) is 16.3. The van der Waals surface area contributed by atoms with Crippen LogP contribution in [0.4, 0.5) is 5.82 Å². The monoisotopic (exact) mass is 364 g/mol. The van der Waals surface area contributed by atoms with Crippen molar-refractivity contribution in [2.24, 2.45) is 5.92 Å². The zero-order valence-corrected chi connectivity index (χ0v) is 16.3. The van der Waals surface area contributed by atoms with Crippen molar-refractivity contribution in [3.63, 3.8) is 0 Å². The van der Waals surface area contributed by atoms with Crippen molar-refractivity contribution in [1.29, 1.82) is 5.26 Å². The quantitative estimate of drug-likeness (QED) is 0.752. The molecule has 0 spiro atoms. The number of aromatic nitrogens is 1. The van der Waals surface area contributed by atoms with Crippen LogP contribution in [0, 0.1) is 31.1 Å². The molecule has 5 nitrogen and oxygen atoms in total. The Labute approximate surface area is 161 Å². The van der Waals surface area contributed by atoms with Gasteiger partial charge < -0.3 is 10.6 Å². The lowest BCUT2D eigenvalue weighted by Gasteiger charge is -2.20. The van der Waals surface area contributed by atoms with Crippen LogP contribution in [0.25, 0.3) is 10.9 Å². The molecule has 1 aliphatic rings. The van der Waals surface area contributed by atoms with E-state index in [-0.39, 0.29) is 11.8 Å². The topological polar surface area (TPSA) is 77.8 Å². The van der Waals surface area contributed by atoms with Gasteiger partial charge in [-0.05, 0) is 56.4 Å². The van der Waals surface area contributed by atoms with E-state index in [2.05, 4.69) is 34.7 Å². The number of fused-ring (bicyclic) bond motifs is 1. The zero-order chi connectivity index (χ0) is 19.2. The van der Waals surface area contributed by atoms with Crippen molar-refractivity contribution in [3.05, 3.63) is 34.9 Å². The van der Waals surface area contributed by atoms with E-state index in [4.69, 9.17) is 0 Å². The third-order valence-electron chi connectivity index (χ3n) is 5.33. The third-order valence-corrected chi connectivity index (χ3v) is 5.33. The lowest BCUT2D eigenvalue weighted by Crippen LogP contribution is -2.33. The number of anilines is 1. The first-order chi connectivity index (χ1) is 13.1. The van der Waals surface area contributed by atoms with E-state index in [0.29, 0.717) is 24.5 Å². The maximum atomic E-state index is 12.2. The normalized spacial score (nSPS) is 14.7. The Bertz CT molecular complexity index is 863. The number of benzene rings is 1. The number of carbonyl (C=O) groups is 1. The van der Waals surface area contributed by atoms with Gasteiger partial charge in [0.05, 0.1) is 11.1 Å². The minimum atomic E-state index is 0.196. The Balaban J connectivity index is 1.55. The number of hydrogen-bond donors (Lipinski definition) is 2. The van der Waals surface area contributed by atoms with Crippen molar-refractivity contribution >= 4 is 22.6 Å². The van der Waals surface area contributed by atoms with Crippen LogP contribution in [0.2, 0.25) is 0 Å². The lowest BCUT2D eigenvalue weighted by atomic mass is 9.89. The van der Waals surface area contributed by atoms with Crippen molar-refractivity contribution in [2.45, 2.75) is 52.4 Å². The second-order valence-corrected chi connectivity index (χ2v) is 7.55. The highest BCUT2D eigenvalue weighted by molar-refractivity contribution is 5.86. The van der Waals surface area contributed by atoms with Crippen LogP contribution in [-0.2, 0) is 4.79 Å². The lowest BCUT2D eigenvalue weighted by molar-refractivity contribution is -0.125. The highest BCUT2D eigenvalue weighted by Gasteiger charge is 2.20. The molecule has 0 atom stereocenters. The number of nitriles is 1. The molecule has 0 radical (unpaired) electrons. The molecule has 1 fully saturated rings. The molecule has 0 saturated heterocycles. The molecule has 3 rings (SSSR count). The highest BCUT2D eigenvalue weighted by Crippen LogP contribution is 2.25. The molecule has 142 valence electrons. The highest BCUT2D eigenvalue weighted by atomic mass is 16.1. The van der Waals surface area contributed by atoms with E-state index >= 15 is 0 Å². The second-order valence-electron chi connectivity index (χ2n) is 7.55. The van der Waals surface area contributed by atoms with E-state index in [0.717, 1.165) is 41.3 Å². The van der Waals surface area contributed by atoms with Gasteiger partial charge in [-0.25, -0.2) is 4.98 Å². The number of nitrogens with zero attached hydrogens (tertiary/aromatic N) is 2. The fraction of sp³-hybridized carbons (Fsp3) is 0.500. The molecule has 0 aliphatic heterocycles. The van der Waals surface area contributed by atoms with Gasteiger partial charge in [0, 0.05) is 24.4 Å². The molecule has 1 heterocycles. The van der Waals surface area contributed by atoms with E-state index in [1.54, 1.807) is 0 Å². The summed E-state index contributed by atoms with van der Waals surface area (Å²) < 4.78 is 0. The Morgan fingerprint density at radius 3 is 2.70 bits per heavy atom. The first kappa shape index (κ1) is 19.2. The molecule has 27 heavy (non-hydrogen) atoms. The molecule has 2 aromatic rings. The van der Waals surface area contributed by atoms with Crippen LogP contribution in [-0.4, -0.2) is 24.0 Å². The molecule has 1 aromatic heterocycles. The van der Waals surface area contributed by atoms with E-state index in [1.807, 2.05) is 19.1 Å². The Morgan fingerprint density at radius 2 is 1.96 bits per heavy atom. The average molecular weight is 364 g/mol. The summed E-state index contributed by atoms with van der Waals surface area (Å²) in [7, 11) is 0. The van der Waals surface area contributed by atoms with Gasteiger partial charge in [0.1, 0.15) is 11.9 Å². The van der Waals surface area contributed by atoms with Crippen LogP contribution in [0.1, 0.15) is 55.2 Å². The molecule has 1 amide bonds. The minimum absolute atomic E-state index is 0.196. The van der Waals surface area contributed by atoms with Crippen molar-refractivity contribution in [3.8, 4) is 6.07 Å². The van der Waals surface area contributed by atoms with E-state index in [9.17, 15) is 10.1 Å². The standard InChI is InChI=1S/C22H28N4O/c1-15-11-16(2)19-13-18(14-23)21(26-20(19)12-15)24-9-6-10-25-22(27)17-7-4-3-5-8-17/h11-13,17H,3-10H2,1-2H3,(H,24,26)(H,25,27). The predicted molar refractivity (Wildman–Crippen MR) is 109 cm³/mol. The second kappa shape index (κ2) is 8.85.